The Balaban J connectivity index is 1.85. The molecule has 0 saturated heterocycles. The van der Waals surface area contributed by atoms with Gasteiger partial charge >= 0.3 is 0 Å². The van der Waals surface area contributed by atoms with Gasteiger partial charge in [0.1, 0.15) is 12.3 Å². The molecule has 7 nitrogen and oxygen atoms in total. The van der Waals surface area contributed by atoms with Gasteiger partial charge in [0.05, 0.1) is 23.9 Å². The summed E-state index contributed by atoms with van der Waals surface area (Å²) in [4.78, 5) is 12.7. The summed E-state index contributed by atoms with van der Waals surface area (Å²) in [6.07, 6.45) is 1.50. The van der Waals surface area contributed by atoms with Crippen LogP contribution >= 0.6 is 0 Å². The molecule has 0 aliphatic carbocycles. The number of hydrogen-bond acceptors (Lipinski definition) is 5. The van der Waals surface area contributed by atoms with Gasteiger partial charge in [-0.15, -0.1) is 0 Å². The van der Waals surface area contributed by atoms with Gasteiger partial charge in [0.2, 0.25) is 0 Å². The third-order valence-corrected chi connectivity index (χ3v) is 6.51. The van der Waals surface area contributed by atoms with Crippen molar-refractivity contribution in [1.82, 2.24) is 5.43 Å². The van der Waals surface area contributed by atoms with Crippen molar-refractivity contribution < 1.29 is 17.9 Å². The second kappa shape index (κ2) is 10.1. The van der Waals surface area contributed by atoms with Gasteiger partial charge in [-0.2, -0.15) is 5.10 Å². The number of carbonyl (C=O) groups excluding carboxylic acids is 1. The van der Waals surface area contributed by atoms with Crippen molar-refractivity contribution in [2.75, 3.05) is 18.0 Å². The van der Waals surface area contributed by atoms with Crippen LogP contribution in [0.4, 0.5) is 5.69 Å². The van der Waals surface area contributed by atoms with E-state index in [4.69, 9.17) is 4.74 Å². The van der Waals surface area contributed by atoms with Gasteiger partial charge in [-0.05, 0) is 43.7 Å². The molecule has 0 aliphatic heterocycles. The summed E-state index contributed by atoms with van der Waals surface area (Å²) in [5, 5.41) is 3.95. The summed E-state index contributed by atoms with van der Waals surface area (Å²) < 4.78 is 33.0. The van der Waals surface area contributed by atoms with E-state index in [1.165, 1.54) is 25.5 Å². The minimum absolute atomic E-state index is 0.0851. The molecule has 0 bridgehead atoms. The van der Waals surface area contributed by atoms with Gasteiger partial charge in [-0.3, -0.25) is 9.10 Å². The number of anilines is 1. The number of aryl methyl sites for hydroxylation is 2. The second-order valence-electron chi connectivity index (χ2n) is 7.23. The first kappa shape index (κ1) is 23.0. The van der Waals surface area contributed by atoms with Gasteiger partial charge in [-0.1, -0.05) is 53.6 Å². The third kappa shape index (κ3) is 5.73. The molecule has 8 heteroatoms. The van der Waals surface area contributed by atoms with E-state index in [0.29, 0.717) is 11.4 Å². The molecule has 0 fully saturated rings. The van der Waals surface area contributed by atoms with Crippen molar-refractivity contribution in [3.63, 3.8) is 0 Å². The van der Waals surface area contributed by atoms with Gasteiger partial charge in [0.25, 0.3) is 15.9 Å². The summed E-state index contributed by atoms with van der Waals surface area (Å²) in [5.74, 6) is -0.101. The molecule has 0 saturated carbocycles. The summed E-state index contributed by atoms with van der Waals surface area (Å²) in [6, 6.07) is 20.6. The highest BCUT2D eigenvalue weighted by molar-refractivity contribution is 7.92. The van der Waals surface area contributed by atoms with Crippen molar-refractivity contribution in [2.45, 2.75) is 18.7 Å². The molecule has 0 aromatic heterocycles. The fourth-order valence-electron chi connectivity index (χ4n) is 2.92. The van der Waals surface area contributed by atoms with Crippen LogP contribution in [0.5, 0.6) is 5.75 Å². The molecule has 3 aromatic rings. The van der Waals surface area contributed by atoms with E-state index in [2.05, 4.69) is 10.5 Å². The van der Waals surface area contributed by atoms with E-state index in [1.807, 2.05) is 38.1 Å². The standard InChI is InChI=1S/C24H25N3O4S/c1-18-7-11-20(12-8-18)16-25-26-24(28)17-27(21-5-4-6-22(15-21)31-3)32(29,30)23-13-9-19(2)10-14-23/h4-16H,17H2,1-3H3,(H,26,28)/b25-16-. The number of hydrogen-bond donors (Lipinski definition) is 1. The monoisotopic (exact) mass is 451 g/mol. The van der Waals surface area contributed by atoms with E-state index < -0.39 is 22.5 Å². The predicted molar refractivity (Wildman–Crippen MR) is 126 cm³/mol. The molecule has 3 rings (SSSR count). The van der Waals surface area contributed by atoms with Crippen LogP contribution in [-0.4, -0.2) is 34.2 Å². The van der Waals surface area contributed by atoms with E-state index >= 15 is 0 Å². The molecule has 0 aliphatic rings. The van der Waals surface area contributed by atoms with E-state index in [1.54, 1.807) is 36.4 Å². The number of nitrogens with one attached hydrogen (secondary N) is 1. The highest BCUT2D eigenvalue weighted by Gasteiger charge is 2.27. The smallest absolute Gasteiger partial charge is 0.264 e. The molecule has 32 heavy (non-hydrogen) atoms. The molecule has 0 spiro atoms. The topological polar surface area (TPSA) is 88.1 Å². The lowest BCUT2D eigenvalue weighted by atomic mass is 10.2. The van der Waals surface area contributed by atoms with Crippen LogP contribution in [0, 0.1) is 13.8 Å². The van der Waals surface area contributed by atoms with Crippen LogP contribution in [0.2, 0.25) is 0 Å². The Kier molecular flexibility index (Phi) is 7.27. The zero-order chi connectivity index (χ0) is 23.1. The Labute approximate surface area is 188 Å². The average molecular weight is 452 g/mol. The lowest BCUT2D eigenvalue weighted by Gasteiger charge is -2.24. The molecule has 0 radical (unpaired) electrons. The lowest BCUT2D eigenvalue weighted by molar-refractivity contribution is -0.119. The normalized spacial score (nSPS) is 11.3. The number of carbonyl (C=O) groups is 1. The fraction of sp³-hybridized carbons (Fsp3) is 0.167. The molecule has 166 valence electrons. The molecule has 1 N–H and O–H groups in total. The number of sulfonamides is 1. The van der Waals surface area contributed by atoms with Crippen LogP contribution in [-0.2, 0) is 14.8 Å². The highest BCUT2D eigenvalue weighted by atomic mass is 32.2. The van der Waals surface area contributed by atoms with Crippen molar-refractivity contribution in [1.29, 1.82) is 0 Å². The number of nitrogens with zero attached hydrogens (tertiary/aromatic N) is 2. The first-order chi connectivity index (χ1) is 15.3. The number of methoxy groups -OCH3 is 1. The zero-order valence-corrected chi connectivity index (χ0v) is 19.0. The molecule has 1 amide bonds. The fourth-order valence-corrected chi connectivity index (χ4v) is 4.33. The number of rotatable bonds is 8. The molecular weight excluding hydrogens is 426 g/mol. The first-order valence-corrected chi connectivity index (χ1v) is 11.4. The van der Waals surface area contributed by atoms with E-state index in [-0.39, 0.29) is 4.90 Å². The minimum atomic E-state index is -4.01. The molecule has 3 aromatic carbocycles. The predicted octanol–water partition coefficient (Wildman–Crippen LogP) is 3.66. The number of hydrazone groups is 1. The quantitative estimate of drug-likeness (QED) is 0.418. The van der Waals surface area contributed by atoms with Crippen molar-refractivity contribution in [3.8, 4) is 5.75 Å². The Morgan fingerprint density at radius 1 is 1.00 bits per heavy atom. The van der Waals surface area contributed by atoms with Crippen LogP contribution in [0.15, 0.2) is 82.8 Å². The van der Waals surface area contributed by atoms with Crippen molar-refractivity contribution in [2.24, 2.45) is 5.10 Å². The maximum Gasteiger partial charge on any atom is 0.264 e. The largest absolute Gasteiger partial charge is 0.497 e. The number of amides is 1. The minimum Gasteiger partial charge on any atom is -0.497 e. The van der Waals surface area contributed by atoms with Crippen LogP contribution in [0.25, 0.3) is 0 Å². The Morgan fingerprint density at radius 2 is 1.62 bits per heavy atom. The Morgan fingerprint density at radius 3 is 2.25 bits per heavy atom. The summed E-state index contributed by atoms with van der Waals surface area (Å²) in [7, 11) is -2.52. The van der Waals surface area contributed by atoms with Gasteiger partial charge in [0.15, 0.2) is 0 Å². The molecule has 0 heterocycles. The summed E-state index contributed by atoms with van der Waals surface area (Å²) >= 11 is 0. The van der Waals surface area contributed by atoms with Gasteiger partial charge in [0, 0.05) is 6.07 Å². The van der Waals surface area contributed by atoms with E-state index in [9.17, 15) is 13.2 Å². The van der Waals surface area contributed by atoms with Crippen molar-refractivity contribution >= 4 is 27.8 Å². The number of benzene rings is 3. The maximum absolute atomic E-state index is 13.4. The van der Waals surface area contributed by atoms with Crippen LogP contribution in [0.3, 0.4) is 0 Å². The summed E-state index contributed by atoms with van der Waals surface area (Å²) in [6.45, 7) is 3.40. The van der Waals surface area contributed by atoms with Gasteiger partial charge in [-0.25, -0.2) is 13.8 Å². The average Bonchev–Trinajstić information content (AvgIpc) is 2.79. The summed E-state index contributed by atoms with van der Waals surface area (Å²) in [5.41, 5.74) is 5.56. The van der Waals surface area contributed by atoms with Gasteiger partial charge < -0.3 is 4.74 Å². The molecular formula is C24H25N3O4S. The van der Waals surface area contributed by atoms with Crippen LogP contribution in [0.1, 0.15) is 16.7 Å². The number of ether oxygens (including phenoxy) is 1. The zero-order valence-electron chi connectivity index (χ0n) is 18.1. The Bertz CT molecular complexity index is 1200. The third-order valence-electron chi connectivity index (χ3n) is 4.72. The lowest BCUT2D eigenvalue weighted by Crippen LogP contribution is -2.39. The van der Waals surface area contributed by atoms with Crippen LogP contribution < -0.4 is 14.5 Å². The Hall–Kier alpha value is -3.65. The molecule has 0 unspecified atom stereocenters. The van der Waals surface area contributed by atoms with E-state index in [0.717, 1.165) is 21.0 Å². The highest BCUT2D eigenvalue weighted by Crippen LogP contribution is 2.27. The van der Waals surface area contributed by atoms with Crippen molar-refractivity contribution in [3.05, 3.63) is 89.5 Å². The first-order valence-electron chi connectivity index (χ1n) is 9.91. The SMILES string of the molecule is COc1cccc(N(CC(=O)N/N=C\c2ccc(C)cc2)S(=O)(=O)c2ccc(C)cc2)c1. The second-order valence-corrected chi connectivity index (χ2v) is 9.09. The maximum atomic E-state index is 13.4. The molecule has 0 atom stereocenters.